The molecule has 0 saturated carbocycles. The molecule has 0 fully saturated rings. The molecule has 0 bridgehead atoms. The normalized spacial score (nSPS) is 10.6. The number of rotatable bonds is 2. The van der Waals surface area contributed by atoms with Crippen molar-refractivity contribution in [2.75, 3.05) is 11.9 Å². The number of hydrogen-bond acceptors (Lipinski definition) is 1. The van der Waals surface area contributed by atoms with E-state index in [-0.39, 0.29) is 0 Å². The van der Waals surface area contributed by atoms with Crippen molar-refractivity contribution in [3.63, 3.8) is 0 Å². The van der Waals surface area contributed by atoms with Gasteiger partial charge in [0.25, 0.3) is 0 Å². The molecule has 0 aliphatic carbocycles. The van der Waals surface area contributed by atoms with Crippen molar-refractivity contribution in [2.24, 2.45) is 0 Å². The predicted molar refractivity (Wildman–Crippen MR) is 67.6 cm³/mol. The molecule has 0 saturated heterocycles. The first kappa shape index (κ1) is 10.0. The van der Waals surface area contributed by atoms with Crippen LogP contribution in [0.1, 0.15) is 18.1 Å². The van der Waals surface area contributed by atoms with E-state index in [2.05, 4.69) is 56.4 Å². The summed E-state index contributed by atoms with van der Waals surface area (Å²) in [6, 6.07) is 10.8. The summed E-state index contributed by atoms with van der Waals surface area (Å²) >= 11 is 0. The van der Waals surface area contributed by atoms with Crippen LogP contribution in [0.5, 0.6) is 0 Å². The number of hydrogen-bond donors (Lipinski definition) is 1. The van der Waals surface area contributed by atoms with Crippen LogP contribution in [0.2, 0.25) is 0 Å². The Morgan fingerprint density at radius 1 is 1.00 bits per heavy atom. The summed E-state index contributed by atoms with van der Waals surface area (Å²) in [7, 11) is 0. The van der Waals surface area contributed by atoms with Crippen LogP contribution < -0.4 is 5.32 Å². The van der Waals surface area contributed by atoms with Crippen LogP contribution >= 0.6 is 0 Å². The second kappa shape index (κ2) is 3.93. The maximum atomic E-state index is 3.40. The van der Waals surface area contributed by atoms with Gasteiger partial charge in [-0.3, -0.25) is 0 Å². The molecule has 2 rings (SSSR count). The number of benzene rings is 2. The summed E-state index contributed by atoms with van der Waals surface area (Å²) in [5.74, 6) is 0. The third-order valence-electron chi connectivity index (χ3n) is 2.82. The Hall–Kier alpha value is -1.50. The van der Waals surface area contributed by atoms with Crippen molar-refractivity contribution in [1.29, 1.82) is 0 Å². The van der Waals surface area contributed by atoms with Crippen LogP contribution in [0.4, 0.5) is 5.69 Å². The number of fused-ring (bicyclic) bond motifs is 1. The Balaban J connectivity index is 2.76. The molecule has 2 aromatic carbocycles. The molecule has 2 aromatic rings. The van der Waals surface area contributed by atoms with E-state index in [1.54, 1.807) is 0 Å². The Morgan fingerprint density at radius 3 is 2.47 bits per heavy atom. The summed E-state index contributed by atoms with van der Waals surface area (Å²) in [5.41, 5.74) is 3.94. The van der Waals surface area contributed by atoms with Gasteiger partial charge in [0.2, 0.25) is 0 Å². The Morgan fingerprint density at radius 2 is 1.73 bits per heavy atom. The number of nitrogens with one attached hydrogen (secondary N) is 1. The first-order valence-corrected chi connectivity index (χ1v) is 5.47. The summed E-state index contributed by atoms with van der Waals surface area (Å²) in [4.78, 5) is 0. The molecule has 0 radical (unpaired) electrons. The molecule has 1 nitrogen and oxygen atoms in total. The molecule has 0 spiro atoms. The molecule has 78 valence electrons. The molecule has 1 N–H and O–H groups in total. The van der Waals surface area contributed by atoms with Gasteiger partial charge in [0.05, 0.1) is 0 Å². The zero-order chi connectivity index (χ0) is 10.8. The van der Waals surface area contributed by atoms with Crippen LogP contribution in [0.15, 0.2) is 30.3 Å². The molecule has 0 amide bonds. The van der Waals surface area contributed by atoms with Crippen LogP contribution in [-0.4, -0.2) is 6.54 Å². The molecule has 0 aliphatic rings. The minimum atomic E-state index is 0.964. The summed E-state index contributed by atoms with van der Waals surface area (Å²) < 4.78 is 0. The largest absolute Gasteiger partial charge is 0.385 e. The lowest BCUT2D eigenvalue weighted by atomic mass is 9.99. The van der Waals surface area contributed by atoms with Crippen molar-refractivity contribution in [3.8, 4) is 0 Å². The van der Waals surface area contributed by atoms with Gasteiger partial charge in [-0.15, -0.1) is 0 Å². The van der Waals surface area contributed by atoms with Crippen molar-refractivity contribution >= 4 is 16.5 Å². The highest BCUT2D eigenvalue weighted by Gasteiger charge is 2.04. The molecule has 0 aliphatic heterocycles. The number of anilines is 1. The van der Waals surface area contributed by atoms with E-state index in [9.17, 15) is 0 Å². The zero-order valence-electron chi connectivity index (χ0n) is 9.59. The summed E-state index contributed by atoms with van der Waals surface area (Å²) in [6.45, 7) is 7.43. The lowest BCUT2D eigenvalue weighted by Gasteiger charge is -2.11. The molecule has 0 aromatic heterocycles. The molecular formula is C14H17N. The molecule has 0 atom stereocenters. The van der Waals surface area contributed by atoms with Crippen LogP contribution in [0.25, 0.3) is 10.8 Å². The first-order valence-electron chi connectivity index (χ1n) is 5.47. The van der Waals surface area contributed by atoms with Crippen LogP contribution in [0.3, 0.4) is 0 Å². The topological polar surface area (TPSA) is 12.0 Å². The maximum Gasteiger partial charge on any atom is 0.0420 e. The van der Waals surface area contributed by atoms with Gasteiger partial charge in [-0.05, 0) is 43.4 Å². The highest BCUT2D eigenvalue weighted by molar-refractivity contribution is 5.97. The molecule has 0 unspecified atom stereocenters. The monoisotopic (exact) mass is 199 g/mol. The van der Waals surface area contributed by atoms with E-state index in [1.807, 2.05) is 0 Å². The quantitative estimate of drug-likeness (QED) is 0.773. The predicted octanol–water partition coefficient (Wildman–Crippen LogP) is 3.89. The Kier molecular flexibility index (Phi) is 2.63. The van der Waals surface area contributed by atoms with Gasteiger partial charge in [-0.2, -0.15) is 0 Å². The molecule has 1 heteroatoms. The average Bonchev–Trinajstić information content (AvgIpc) is 2.22. The van der Waals surface area contributed by atoms with Crippen molar-refractivity contribution in [1.82, 2.24) is 0 Å². The van der Waals surface area contributed by atoms with Crippen molar-refractivity contribution in [3.05, 3.63) is 41.5 Å². The van der Waals surface area contributed by atoms with Gasteiger partial charge in [0.15, 0.2) is 0 Å². The van der Waals surface area contributed by atoms with E-state index in [0.29, 0.717) is 0 Å². The molecular weight excluding hydrogens is 182 g/mol. The van der Waals surface area contributed by atoms with Gasteiger partial charge >= 0.3 is 0 Å². The Labute approximate surface area is 91.1 Å². The van der Waals surface area contributed by atoms with Gasteiger partial charge in [-0.25, -0.2) is 0 Å². The van der Waals surface area contributed by atoms with Gasteiger partial charge in [-0.1, -0.05) is 24.3 Å². The minimum Gasteiger partial charge on any atom is -0.385 e. The van der Waals surface area contributed by atoms with Crippen LogP contribution in [0, 0.1) is 13.8 Å². The second-order valence-corrected chi connectivity index (χ2v) is 3.96. The fraction of sp³-hybridized carbons (Fsp3) is 0.286. The van der Waals surface area contributed by atoms with E-state index >= 15 is 0 Å². The summed E-state index contributed by atoms with van der Waals surface area (Å²) in [6.07, 6.45) is 0. The smallest absolute Gasteiger partial charge is 0.0420 e. The second-order valence-electron chi connectivity index (χ2n) is 3.96. The van der Waals surface area contributed by atoms with Gasteiger partial charge < -0.3 is 5.32 Å². The highest BCUT2D eigenvalue weighted by Crippen LogP contribution is 2.28. The summed E-state index contributed by atoms with van der Waals surface area (Å²) in [5, 5.41) is 6.12. The van der Waals surface area contributed by atoms with E-state index in [1.165, 1.54) is 27.6 Å². The maximum absolute atomic E-state index is 3.40. The SMILES string of the molecule is CCNc1ccc(C)c2c(C)cccc12. The highest BCUT2D eigenvalue weighted by atomic mass is 14.9. The Bertz CT molecular complexity index is 478. The minimum absolute atomic E-state index is 0.964. The third-order valence-corrected chi connectivity index (χ3v) is 2.82. The van der Waals surface area contributed by atoms with Crippen molar-refractivity contribution < 1.29 is 0 Å². The van der Waals surface area contributed by atoms with E-state index in [4.69, 9.17) is 0 Å². The molecule has 15 heavy (non-hydrogen) atoms. The fourth-order valence-electron chi connectivity index (χ4n) is 2.14. The van der Waals surface area contributed by atoms with Gasteiger partial charge in [0, 0.05) is 17.6 Å². The lowest BCUT2D eigenvalue weighted by molar-refractivity contribution is 1.22. The number of aryl methyl sites for hydroxylation is 2. The average molecular weight is 199 g/mol. The van der Waals surface area contributed by atoms with Gasteiger partial charge in [0.1, 0.15) is 0 Å². The third kappa shape index (κ3) is 1.70. The zero-order valence-corrected chi connectivity index (χ0v) is 9.59. The first-order chi connectivity index (χ1) is 7.24. The van der Waals surface area contributed by atoms with E-state index in [0.717, 1.165) is 6.54 Å². The standard InChI is InChI=1S/C14H17N/c1-4-15-13-9-8-11(3)14-10(2)6-5-7-12(13)14/h5-9,15H,4H2,1-3H3. The van der Waals surface area contributed by atoms with Crippen molar-refractivity contribution in [2.45, 2.75) is 20.8 Å². The molecule has 0 heterocycles. The lowest BCUT2D eigenvalue weighted by Crippen LogP contribution is -1.98. The van der Waals surface area contributed by atoms with E-state index < -0.39 is 0 Å². The van der Waals surface area contributed by atoms with Crippen LogP contribution in [-0.2, 0) is 0 Å². The fourth-order valence-corrected chi connectivity index (χ4v) is 2.14.